The maximum absolute atomic E-state index is 12.8. The zero-order valence-electron chi connectivity index (χ0n) is 15.0. The summed E-state index contributed by atoms with van der Waals surface area (Å²) in [5.74, 6) is 0.630. The predicted octanol–water partition coefficient (Wildman–Crippen LogP) is 3.73. The molecule has 8 heteroatoms. The molecule has 0 unspecified atom stereocenters. The molecule has 0 radical (unpaired) electrons. The smallest absolute Gasteiger partial charge is 0.249 e. The van der Waals surface area contributed by atoms with Gasteiger partial charge in [-0.05, 0) is 36.4 Å². The molecule has 3 aromatic rings. The molecule has 1 aromatic heterocycles. The zero-order chi connectivity index (χ0) is 19.7. The van der Waals surface area contributed by atoms with Crippen LogP contribution in [-0.2, 0) is 9.59 Å². The second-order valence-electron chi connectivity index (χ2n) is 6.35. The van der Waals surface area contributed by atoms with Crippen molar-refractivity contribution in [3.05, 3.63) is 59.6 Å². The lowest BCUT2D eigenvalue weighted by Gasteiger charge is -2.23. The number of carbonyl (C=O) groups is 2. The van der Waals surface area contributed by atoms with Crippen LogP contribution in [0.4, 0.5) is 11.5 Å². The third kappa shape index (κ3) is 3.57. The molecule has 0 bridgehead atoms. The molecule has 1 atom stereocenters. The fourth-order valence-corrected chi connectivity index (χ4v) is 3.17. The van der Waals surface area contributed by atoms with Crippen molar-refractivity contribution in [1.82, 2.24) is 9.78 Å². The maximum atomic E-state index is 12.8. The van der Waals surface area contributed by atoms with Crippen LogP contribution >= 0.6 is 11.6 Å². The van der Waals surface area contributed by atoms with Crippen molar-refractivity contribution in [2.45, 2.75) is 12.5 Å². The zero-order valence-corrected chi connectivity index (χ0v) is 15.7. The Morgan fingerprint density at radius 3 is 2.61 bits per heavy atom. The molecule has 2 N–H and O–H groups in total. The van der Waals surface area contributed by atoms with E-state index in [0.29, 0.717) is 28.0 Å². The number of nitrogens with zero attached hydrogens (tertiary/aromatic N) is 2. The van der Waals surface area contributed by atoms with Gasteiger partial charge in [0.15, 0.2) is 0 Å². The lowest BCUT2D eigenvalue weighted by atomic mass is 10.1. The molecule has 7 nitrogen and oxygen atoms in total. The second-order valence-corrected chi connectivity index (χ2v) is 6.79. The highest BCUT2D eigenvalue weighted by atomic mass is 35.5. The minimum absolute atomic E-state index is 0.0106. The summed E-state index contributed by atoms with van der Waals surface area (Å²) in [5.41, 5.74) is 2.11. The summed E-state index contributed by atoms with van der Waals surface area (Å²) in [4.78, 5) is 24.9. The van der Waals surface area contributed by atoms with Crippen LogP contribution in [0.5, 0.6) is 5.75 Å². The number of methoxy groups -OCH3 is 1. The fraction of sp³-hybridized carbons (Fsp3) is 0.150. The SMILES string of the molecule is COc1ccc(NC(=O)[C@@H]2CC(=O)Nc3cc(-c4ccc(Cl)cc4)nn32)cc1. The average molecular weight is 397 g/mol. The Labute approximate surface area is 166 Å². The summed E-state index contributed by atoms with van der Waals surface area (Å²) in [6.07, 6.45) is 0.0106. The summed E-state index contributed by atoms with van der Waals surface area (Å²) in [5, 5.41) is 10.7. The molecule has 0 aliphatic carbocycles. The summed E-state index contributed by atoms with van der Waals surface area (Å²) < 4.78 is 6.66. The summed E-state index contributed by atoms with van der Waals surface area (Å²) in [7, 11) is 1.58. The summed E-state index contributed by atoms with van der Waals surface area (Å²) in [6, 6.07) is 15.2. The van der Waals surface area contributed by atoms with Gasteiger partial charge in [0.1, 0.15) is 17.6 Å². The second kappa shape index (κ2) is 7.36. The van der Waals surface area contributed by atoms with Crippen molar-refractivity contribution in [2.75, 3.05) is 17.7 Å². The molecule has 28 heavy (non-hydrogen) atoms. The largest absolute Gasteiger partial charge is 0.497 e. The third-order valence-electron chi connectivity index (χ3n) is 4.48. The van der Waals surface area contributed by atoms with Crippen molar-refractivity contribution < 1.29 is 14.3 Å². The van der Waals surface area contributed by atoms with Crippen LogP contribution in [0.15, 0.2) is 54.6 Å². The molecule has 1 aliphatic heterocycles. The first-order valence-corrected chi connectivity index (χ1v) is 9.01. The highest BCUT2D eigenvalue weighted by Gasteiger charge is 2.32. The standard InChI is InChI=1S/C20H17ClN4O3/c1-28-15-8-6-14(7-9-15)22-20(27)17-11-19(26)23-18-10-16(24-25(17)18)12-2-4-13(21)5-3-12/h2-10,17H,11H2,1H3,(H,22,27)(H,23,26)/t17-/m0/s1. The van der Waals surface area contributed by atoms with Gasteiger partial charge in [0.25, 0.3) is 0 Å². The van der Waals surface area contributed by atoms with Gasteiger partial charge in [0, 0.05) is 22.3 Å². The molecule has 2 heterocycles. The number of carbonyl (C=O) groups excluding carboxylic acids is 2. The van der Waals surface area contributed by atoms with Gasteiger partial charge in [-0.3, -0.25) is 9.59 Å². The predicted molar refractivity (Wildman–Crippen MR) is 107 cm³/mol. The lowest BCUT2D eigenvalue weighted by molar-refractivity contribution is -0.125. The van der Waals surface area contributed by atoms with Gasteiger partial charge in [-0.2, -0.15) is 5.10 Å². The number of rotatable bonds is 4. The number of hydrogen-bond acceptors (Lipinski definition) is 4. The minimum atomic E-state index is -0.744. The van der Waals surface area contributed by atoms with Gasteiger partial charge < -0.3 is 15.4 Å². The molecule has 2 aromatic carbocycles. The first-order chi connectivity index (χ1) is 13.5. The van der Waals surface area contributed by atoms with Crippen molar-refractivity contribution in [3.8, 4) is 17.0 Å². The molecule has 1 aliphatic rings. The molecule has 142 valence electrons. The Morgan fingerprint density at radius 1 is 1.21 bits per heavy atom. The van der Waals surface area contributed by atoms with E-state index in [9.17, 15) is 9.59 Å². The highest BCUT2D eigenvalue weighted by molar-refractivity contribution is 6.30. The summed E-state index contributed by atoms with van der Waals surface area (Å²) >= 11 is 5.94. The Bertz CT molecular complexity index is 1030. The average Bonchev–Trinajstić information content (AvgIpc) is 3.12. The minimum Gasteiger partial charge on any atom is -0.497 e. The van der Waals surface area contributed by atoms with Crippen LogP contribution < -0.4 is 15.4 Å². The van der Waals surface area contributed by atoms with Crippen molar-refractivity contribution in [3.63, 3.8) is 0 Å². The normalized spacial score (nSPS) is 15.5. The van der Waals surface area contributed by atoms with Gasteiger partial charge in [0.05, 0.1) is 19.2 Å². The number of benzene rings is 2. The van der Waals surface area contributed by atoms with E-state index in [1.807, 2.05) is 12.1 Å². The molecule has 2 amide bonds. The van der Waals surface area contributed by atoms with E-state index in [4.69, 9.17) is 16.3 Å². The highest BCUT2D eigenvalue weighted by Crippen LogP contribution is 2.30. The van der Waals surface area contributed by atoms with Crippen LogP contribution in [0.1, 0.15) is 12.5 Å². The summed E-state index contributed by atoms with van der Waals surface area (Å²) in [6.45, 7) is 0. The molecular formula is C20H17ClN4O3. The maximum Gasteiger partial charge on any atom is 0.249 e. The number of amides is 2. The van der Waals surface area contributed by atoms with Crippen molar-refractivity contribution in [1.29, 1.82) is 0 Å². The quantitative estimate of drug-likeness (QED) is 0.703. The van der Waals surface area contributed by atoms with E-state index in [1.165, 1.54) is 0 Å². The van der Waals surface area contributed by atoms with E-state index in [0.717, 1.165) is 5.56 Å². The lowest BCUT2D eigenvalue weighted by Crippen LogP contribution is -2.35. The van der Waals surface area contributed by atoms with Gasteiger partial charge in [-0.1, -0.05) is 23.7 Å². The number of halogens is 1. The van der Waals surface area contributed by atoms with Crippen molar-refractivity contribution >= 4 is 34.9 Å². The first kappa shape index (κ1) is 18.1. The van der Waals surface area contributed by atoms with Crippen LogP contribution in [0.3, 0.4) is 0 Å². The van der Waals surface area contributed by atoms with Crippen LogP contribution in [0.25, 0.3) is 11.3 Å². The number of nitrogens with one attached hydrogen (secondary N) is 2. The third-order valence-corrected chi connectivity index (χ3v) is 4.73. The van der Waals surface area contributed by atoms with E-state index in [1.54, 1.807) is 54.3 Å². The number of hydrogen-bond donors (Lipinski definition) is 2. The van der Waals surface area contributed by atoms with Crippen molar-refractivity contribution in [2.24, 2.45) is 0 Å². The van der Waals surface area contributed by atoms with E-state index in [2.05, 4.69) is 15.7 Å². The Hall–Kier alpha value is -3.32. The van der Waals surface area contributed by atoms with E-state index < -0.39 is 6.04 Å². The number of anilines is 2. The molecular weight excluding hydrogens is 380 g/mol. The molecule has 0 saturated carbocycles. The van der Waals surface area contributed by atoms with Crippen LogP contribution in [0.2, 0.25) is 5.02 Å². The topological polar surface area (TPSA) is 85.2 Å². The van der Waals surface area contributed by atoms with Crippen LogP contribution in [0, 0.1) is 0 Å². The Kier molecular flexibility index (Phi) is 4.75. The first-order valence-electron chi connectivity index (χ1n) is 8.64. The number of aromatic nitrogens is 2. The van der Waals surface area contributed by atoms with Crippen LogP contribution in [-0.4, -0.2) is 28.7 Å². The van der Waals surface area contributed by atoms with Gasteiger partial charge in [0.2, 0.25) is 11.8 Å². The van der Waals surface area contributed by atoms with E-state index >= 15 is 0 Å². The number of fused-ring (bicyclic) bond motifs is 1. The Morgan fingerprint density at radius 2 is 1.93 bits per heavy atom. The molecule has 0 saturated heterocycles. The molecule has 0 fully saturated rings. The van der Waals surface area contributed by atoms with Gasteiger partial charge in [-0.25, -0.2) is 4.68 Å². The molecule has 0 spiro atoms. The monoisotopic (exact) mass is 396 g/mol. The van der Waals surface area contributed by atoms with E-state index in [-0.39, 0.29) is 18.2 Å². The number of ether oxygens (including phenoxy) is 1. The van der Waals surface area contributed by atoms with Gasteiger partial charge >= 0.3 is 0 Å². The van der Waals surface area contributed by atoms with Gasteiger partial charge in [-0.15, -0.1) is 0 Å². The Balaban J connectivity index is 1.61. The fourth-order valence-electron chi connectivity index (χ4n) is 3.05. The molecule has 4 rings (SSSR count).